The molecule has 0 saturated carbocycles. The fourth-order valence-corrected chi connectivity index (χ4v) is 3.72. The van der Waals surface area contributed by atoms with Crippen LogP contribution in [0.4, 0.5) is 25.0 Å². The summed E-state index contributed by atoms with van der Waals surface area (Å²) in [5, 5.41) is 6.49. The lowest BCUT2D eigenvalue weighted by Crippen LogP contribution is -2.46. The van der Waals surface area contributed by atoms with E-state index >= 15 is 0 Å². The van der Waals surface area contributed by atoms with Crippen LogP contribution in [0.25, 0.3) is 10.9 Å². The Morgan fingerprint density at radius 2 is 1.72 bits per heavy atom. The lowest BCUT2D eigenvalue weighted by atomic mass is 10.0. The zero-order valence-corrected chi connectivity index (χ0v) is 16.1. The standard InChI is InChI=1S/C22H22F2N4O/c1-14-12-21(19-13-16(24)4-7-20(19)25-14)28-10-8-18(9-11-28)27-22(29)26-17-5-2-15(23)3-6-17/h2-7,12-13,18H,8-11H2,1H3,(H2,26,27,29). The van der Waals surface area contributed by atoms with E-state index in [1.165, 1.54) is 36.4 Å². The number of urea groups is 1. The Kier molecular flexibility index (Phi) is 5.29. The van der Waals surface area contributed by atoms with Gasteiger partial charge in [0.05, 0.1) is 5.52 Å². The predicted molar refractivity (Wildman–Crippen MR) is 110 cm³/mol. The monoisotopic (exact) mass is 396 g/mol. The number of hydrogen-bond donors (Lipinski definition) is 2. The first kappa shape index (κ1) is 19.1. The zero-order valence-electron chi connectivity index (χ0n) is 16.1. The van der Waals surface area contributed by atoms with Crippen LogP contribution < -0.4 is 15.5 Å². The molecule has 1 aromatic heterocycles. The summed E-state index contributed by atoms with van der Waals surface area (Å²) < 4.78 is 26.7. The molecule has 3 aromatic rings. The highest BCUT2D eigenvalue weighted by molar-refractivity contribution is 5.92. The molecule has 7 heteroatoms. The number of rotatable bonds is 3. The minimum absolute atomic E-state index is 0.0395. The van der Waals surface area contributed by atoms with E-state index in [2.05, 4.69) is 20.5 Å². The summed E-state index contributed by atoms with van der Waals surface area (Å²) >= 11 is 0. The number of hydrogen-bond acceptors (Lipinski definition) is 3. The number of nitrogens with zero attached hydrogens (tertiary/aromatic N) is 2. The van der Waals surface area contributed by atoms with Crippen molar-refractivity contribution in [3.63, 3.8) is 0 Å². The summed E-state index contributed by atoms with van der Waals surface area (Å²) in [7, 11) is 0. The highest BCUT2D eigenvalue weighted by atomic mass is 19.1. The molecule has 4 rings (SSSR count). The Morgan fingerprint density at radius 1 is 1.03 bits per heavy atom. The third-order valence-electron chi connectivity index (χ3n) is 5.15. The quantitative estimate of drug-likeness (QED) is 0.680. The predicted octanol–water partition coefficient (Wildman–Crippen LogP) is 4.61. The van der Waals surface area contributed by atoms with Gasteiger partial charge in [0.15, 0.2) is 0 Å². The number of fused-ring (bicyclic) bond motifs is 1. The maximum atomic E-state index is 13.8. The number of benzene rings is 2. The summed E-state index contributed by atoms with van der Waals surface area (Å²) in [5.74, 6) is -0.625. The Labute approximate surface area is 167 Å². The number of nitrogens with one attached hydrogen (secondary N) is 2. The zero-order chi connectivity index (χ0) is 20.4. The molecular formula is C22H22F2N4O. The van der Waals surface area contributed by atoms with Crippen molar-refractivity contribution in [3.8, 4) is 0 Å². The molecule has 0 bridgehead atoms. The van der Waals surface area contributed by atoms with Crippen molar-refractivity contribution in [1.82, 2.24) is 10.3 Å². The second kappa shape index (κ2) is 8.03. The first-order valence-corrected chi connectivity index (χ1v) is 9.63. The molecule has 2 N–H and O–H groups in total. The summed E-state index contributed by atoms with van der Waals surface area (Å²) in [6.45, 7) is 3.42. The number of piperidine rings is 1. The SMILES string of the molecule is Cc1cc(N2CCC(NC(=O)Nc3ccc(F)cc3)CC2)c2cc(F)ccc2n1. The average Bonchev–Trinajstić information content (AvgIpc) is 2.70. The molecule has 1 saturated heterocycles. The number of pyridine rings is 1. The Bertz CT molecular complexity index is 1030. The second-order valence-electron chi connectivity index (χ2n) is 7.31. The van der Waals surface area contributed by atoms with E-state index in [-0.39, 0.29) is 23.7 Å². The van der Waals surface area contributed by atoms with Gasteiger partial charge in [-0.05, 0) is 68.3 Å². The van der Waals surface area contributed by atoms with Gasteiger partial charge in [-0.3, -0.25) is 4.98 Å². The summed E-state index contributed by atoms with van der Waals surface area (Å²) in [4.78, 5) is 18.9. The van der Waals surface area contributed by atoms with Crippen molar-refractivity contribution in [2.45, 2.75) is 25.8 Å². The highest BCUT2D eigenvalue weighted by Gasteiger charge is 2.22. The van der Waals surface area contributed by atoms with Crippen LogP contribution in [0.5, 0.6) is 0 Å². The van der Waals surface area contributed by atoms with E-state index in [1.54, 1.807) is 6.07 Å². The summed E-state index contributed by atoms with van der Waals surface area (Å²) in [6, 6.07) is 12.0. The average molecular weight is 396 g/mol. The molecule has 1 aliphatic rings. The van der Waals surface area contributed by atoms with Crippen LogP contribution in [-0.4, -0.2) is 30.1 Å². The number of anilines is 2. The van der Waals surface area contributed by atoms with E-state index in [4.69, 9.17) is 0 Å². The van der Waals surface area contributed by atoms with Gasteiger partial charge < -0.3 is 15.5 Å². The molecule has 29 heavy (non-hydrogen) atoms. The van der Waals surface area contributed by atoms with Crippen molar-refractivity contribution < 1.29 is 13.6 Å². The number of amides is 2. The lowest BCUT2D eigenvalue weighted by molar-refractivity contribution is 0.246. The largest absolute Gasteiger partial charge is 0.371 e. The van der Waals surface area contributed by atoms with E-state index in [0.717, 1.165) is 48.2 Å². The van der Waals surface area contributed by atoms with Gasteiger partial charge >= 0.3 is 6.03 Å². The molecule has 0 aliphatic carbocycles. The molecule has 0 atom stereocenters. The molecule has 2 amide bonds. The van der Waals surface area contributed by atoms with Crippen LogP contribution in [0.15, 0.2) is 48.5 Å². The van der Waals surface area contributed by atoms with Crippen LogP contribution in [0.3, 0.4) is 0 Å². The van der Waals surface area contributed by atoms with Gasteiger partial charge in [-0.2, -0.15) is 0 Å². The van der Waals surface area contributed by atoms with E-state index in [9.17, 15) is 13.6 Å². The molecule has 0 unspecified atom stereocenters. The normalized spacial score (nSPS) is 14.8. The van der Waals surface area contributed by atoms with Crippen molar-refractivity contribution in [2.24, 2.45) is 0 Å². The van der Waals surface area contributed by atoms with Crippen molar-refractivity contribution in [3.05, 3.63) is 65.9 Å². The molecule has 5 nitrogen and oxygen atoms in total. The van der Waals surface area contributed by atoms with E-state index in [1.807, 2.05) is 13.0 Å². The van der Waals surface area contributed by atoms with E-state index < -0.39 is 0 Å². The maximum absolute atomic E-state index is 13.8. The fourth-order valence-electron chi connectivity index (χ4n) is 3.72. The van der Waals surface area contributed by atoms with Crippen LogP contribution in [0, 0.1) is 18.6 Å². The molecule has 150 valence electrons. The molecule has 1 aliphatic heterocycles. The maximum Gasteiger partial charge on any atom is 0.319 e. The molecular weight excluding hydrogens is 374 g/mol. The number of carbonyl (C=O) groups is 1. The third kappa shape index (κ3) is 4.45. The van der Waals surface area contributed by atoms with Crippen LogP contribution in [-0.2, 0) is 0 Å². The topological polar surface area (TPSA) is 57.3 Å². The molecule has 0 spiro atoms. The number of aryl methyl sites for hydroxylation is 1. The molecule has 2 heterocycles. The van der Waals surface area contributed by atoms with Gasteiger partial charge in [0.2, 0.25) is 0 Å². The first-order chi connectivity index (χ1) is 14.0. The van der Waals surface area contributed by atoms with Crippen molar-refractivity contribution in [1.29, 1.82) is 0 Å². The van der Waals surface area contributed by atoms with Crippen molar-refractivity contribution in [2.75, 3.05) is 23.3 Å². The van der Waals surface area contributed by atoms with E-state index in [0.29, 0.717) is 5.69 Å². The van der Waals surface area contributed by atoms with Gasteiger partial charge in [0.1, 0.15) is 11.6 Å². The van der Waals surface area contributed by atoms with Crippen LogP contribution in [0.2, 0.25) is 0 Å². The van der Waals surface area contributed by atoms with Crippen LogP contribution >= 0.6 is 0 Å². The Balaban J connectivity index is 1.39. The minimum atomic E-state index is -0.345. The van der Waals surface area contributed by atoms with Gasteiger partial charge in [-0.25, -0.2) is 13.6 Å². The lowest BCUT2D eigenvalue weighted by Gasteiger charge is -2.34. The Hall–Kier alpha value is -3.22. The minimum Gasteiger partial charge on any atom is -0.371 e. The third-order valence-corrected chi connectivity index (χ3v) is 5.15. The molecule has 2 aromatic carbocycles. The van der Waals surface area contributed by atoms with Gasteiger partial charge in [0.25, 0.3) is 0 Å². The molecule has 0 radical (unpaired) electrons. The molecule has 1 fully saturated rings. The van der Waals surface area contributed by atoms with Crippen molar-refractivity contribution >= 4 is 28.3 Å². The number of aromatic nitrogens is 1. The fraction of sp³-hybridized carbons (Fsp3) is 0.273. The smallest absolute Gasteiger partial charge is 0.319 e. The van der Waals surface area contributed by atoms with Crippen LogP contribution in [0.1, 0.15) is 18.5 Å². The van der Waals surface area contributed by atoms with Gasteiger partial charge in [-0.15, -0.1) is 0 Å². The number of halogens is 2. The highest BCUT2D eigenvalue weighted by Crippen LogP contribution is 2.29. The van der Waals surface area contributed by atoms with Gasteiger partial charge in [-0.1, -0.05) is 0 Å². The second-order valence-corrected chi connectivity index (χ2v) is 7.31. The first-order valence-electron chi connectivity index (χ1n) is 9.63. The summed E-state index contributed by atoms with van der Waals surface area (Å²) in [5.41, 5.74) is 3.18. The van der Waals surface area contributed by atoms with Gasteiger partial charge in [0, 0.05) is 41.6 Å². The number of carbonyl (C=O) groups excluding carboxylic acids is 1. The Morgan fingerprint density at radius 3 is 2.45 bits per heavy atom. The summed E-state index contributed by atoms with van der Waals surface area (Å²) in [6.07, 6.45) is 1.55.